The summed E-state index contributed by atoms with van der Waals surface area (Å²) in [5, 5.41) is 7.57. The number of ether oxygens (including phenoxy) is 2. The van der Waals surface area contributed by atoms with Gasteiger partial charge in [-0.05, 0) is 35.0 Å². The molecule has 0 radical (unpaired) electrons. The highest BCUT2D eigenvalue weighted by molar-refractivity contribution is 7.93. The molecule has 3 aromatic heterocycles. The van der Waals surface area contributed by atoms with Crippen molar-refractivity contribution in [1.82, 2.24) is 10.1 Å². The summed E-state index contributed by atoms with van der Waals surface area (Å²) in [5.41, 5.74) is 0.455. The summed E-state index contributed by atoms with van der Waals surface area (Å²) in [6.07, 6.45) is 0. The molecule has 1 aliphatic rings. The summed E-state index contributed by atoms with van der Waals surface area (Å²) in [7, 11) is -2.38. The van der Waals surface area contributed by atoms with Crippen LogP contribution in [0.2, 0.25) is 0 Å². The lowest BCUT2D eigenvalue weighted by atomic mass is 10.3. The van der Waals surface area contributed by atoms with E-state index in [1.165, 1.54) is 40.1 Å². The van der Waals surface area contributed by atoms with E-state index in [1.54, 1.807) is 23.6 Å². The molecule has 4 aromatic rings. The van der Waals surface area contributed by atoms with E-state index in [4.69, 9.17) is 14.0 Å². The van der Waals surface area contributed by atoms with Gasteiger partial charge in [-0.1, -0.05) is 11.2 Å². The van der Waals surface area contributed by atoms with E-state index in [0.717, 1.165) is 4.88 Å². The highest BCUT2D eigenvalue weighted by Gasteiger charge is 2.29. The van der Waals surface area contributed by atoms with Gasteiger partial charge >= 0.3 is 0 Å². The van der Waals surface area contributed by atoms with Crippen LogP contribution < -0.4 is 13.8 Å². The average molecular weight is 448 g/mol. The SMILES string of the molecule is CN(c1ccc2c(c1)OCO2)S(=O)(=O)c1ccsc1-c1nc(-c2cccs2)no1. The van der Waals surface area contributed by atoms with Crippen molar-refractivity contribution >= 4 is 38.4 Å². The molecule has 0 unspecified atom stereocenters. The van der Waals surface area contributed by atoms with Crippen LogP contribution in [-0.4, -0.2) is 32.4 Å². The lowest BCUT2D eigenvalue weighted by molar-refractivity contribution is 0.174. The molecule has 0 fully saturated rings. The summed E-state index contributed by atoms with van der Waals surface area (Å²) in [6.45, 7) is 0.119. The van der Waals surface area contributed by atoms with Crippen molar-refractivity contribution in [3.05, 3.63) is 47.2 Å². The molecule has 0 atom stereocenters. The van der Waals surface area contributed by atoms with Crippen molar-refractivity contribution in [3.8, 4) is 33.0 Å². The van der Waals surface area contributed by atoms with Crippen molar-refractivity contribution in [2.75, 3.05) is 18.1 Å². The first-order chi connectivity index (χ1) is 14.0. The molecule has 0 spiro atoms. The molecule has 8 nitrogen and oxygen atoms in total. The van der Waals surface area contributed by atoms with Crippen molar-refractivity contribution in [1.29, 1.82) is 0 Å². The second-order valence-electron chi connectivity index (χ2n) is 6.02. The Morgan fingerprint density at radius 2 is 1.93 bits per heavy atom. The Bertz CT molecular complexity index is 1280. The lowest BCUT2D eigenvalue weighted by Crippen LogP contribution is -2.26. The average Bonchev–Trinajstić information content (AvgIpc) is 3.51. The number of thiophene rings is 2. The number of aromatic nitrogens is 2. The summed E-state index contributed by atoms with van der Waals surface area (Å²) in [5.74, 6) is 1.69. The number of anilines is 1. The van der Waals surface area contributed by atoms with Gasteiger partial charge in [-0.2, -0.15) is 4.98 Å². The van der Waals surface area contributed by atoms with Crippen LogP contribution >= 0.6 is 22.7 Å². The minimum Gasteiger partial charge on any atom is -0.454 e. The van der Waals surface area contributed by atoms with Crippen molar-refractivity contribution in [3.63, 3.8) is 0 Å². The zero-order valence-electron chi connectivity index (χ0n) is 14.9. The molecule has 0 saturated carbocycles. The first-order valence-electron chi connectivity index (χ1n) is 8.38. The maximum absolute atomic E-state index is 13.3. The Balaban J connectivity index is 1.51. The van der Waals surface area contributed by atoms with E-state index in [0.29, 0.717) is 27.9 Å². The molecule has 0 aliphatic carbocycles. The molecular weight excluding hydrogens is 434 g/mol. The fourth-order valence-electron chi connectivity index (χ4n) is 2.85. The standard InChI is InChI=1S/C18H13N3O5S3/c1-21(11-4-5-12-13(9-11)25-10-24-12)29(22,23)15-6-8-28-16(15)18-19-17(20-26-18)14-3-2-7-27-14/h2-9H,10H2,1H3. The molecule has 0 bridgehead atoms. The predicted molar refractivity (Wildman–Crippen MR) is 109 cm³/mol. The number of rotatable bonds is 5. The number of benzene rings is 1. The zero-order chi connectivity index (χ0) is 20.0. The molecule has 0 N–H and O–H groups in total. The number of sulfonamides is 1. The molecular formula is C18H13N3O5S3. The van der Waals surface area contributed by atoms with Gasteiger partial charge in [0, 0.05) is 13.1 Å². The molecule has 1 aliphatic heterocycles. The Morgan fingerprint density at radius 1 is 1.07 bits per heavy atom. The third-order valence-corrected chi connectivity index (χ3v) is 8.07. The van der Waals surface area contributed by atoms with Crippen molar-refractivity contribution < 1.29 is 22.4 Å². The van der Waals surface area contributed by atoms with E-state index >= 15 is 0 Å². The van der Waals surface area contributed by atoms with Gasteiger partial charge in [-0.15, -0.1) is 22.7 Å². The van der Waals surface area contributed by atoms with E-state index in [2.05, 4.69) is 10.1 Å². The second kappa shape index (κ2) is 6.87. The van der Waals surface area contributed by atoms with Crippen LogP contribution in [0.3, 0.4) is 0 Å². The van der Waals surface area contributed by atoms with Crippen LogP contribution in [0.25, 0.3) is 21.5 Å². The van der Waals surface area contributed by atoms with Gasteiger partial charge in [-0.25, -0.2) is 8.42 Å². The van der Waals surface area contributed by atoms with Crippen LogP contribution in [0.1, 0.15) is 0 Å². The van der Waals surface area contributed by atoms with Gasteiger partial charge in [0.1, 0.15) is 9.77 Å². The number of nitrogens with zero attached hydrogens (tertiary/aromatic N) is 3. The van der Waals surface area contributed by atoms with Gasteiger partial charge in [0.15, 0.2) is 11.5 Å². The van der Waals surface area contributed by atoms with Crippen LogP contribution in [0.4, 0.5) is 5.69 Å². The summed E-state index contributed by atoms with van der Waals surface area (Å²) in [4.78, 5) is 5.72. The fraction of sp³-hybridized carbons (Fsp3) is 0.111. The highest BCUT2D eigenvalue weighted by Crippen LogP contribution is 2.39. The third-order valence-electron chi connectivity index (χ3n) is 4.35. The summed E-state index contributed by atoms with van der Waals surface area (Å²) in [6, 6.07) is 10.3. The van der Waals surface area contributed by atoms with Crippen LogP contribution in [-0.2, 0) is 10.0 Å². The Kier molecular flexibility index (Phi) is 4.30. The van der Waals surface area contributed by atoms with E-state index in [-0.39, 0.29) is 17.6 Å². The topological polar surface area (TPSA) is 94.8 Å². The first-order valence-corrected chi connectivity index (χ1v) is 11.6. The predicted octanol–water partition coefficient (Wildman–Crippen LogP) is 4.08. The van der Waals surface area contributed by atoms with Crippen molar-refractivity contribution in [2.45, 2.75) is 4.90 Å². The maximum Gasteiger partial charge on any atom is 0.269 e. The molecule has 5 rings (SSSR count). The number of hydrogen-bond acceptors (Lipinski definition) is 9. The number of hydrogen-bond donors (Lipinski definition) is 0. The van der Waals surface area contributed by atoms with Gasteiger partial charge in [0.05, 0.1) is 10.6 Å². The Hall–Kier alpha value is -2.89. The Morgan fingerprint density at radius 3 is 2.76 bits per heavy atom. The Labute approximate surface area is 174 Å². The van der Waals surface area contributed by atoms with Gasteiger partial charge in [-0.3, -0.25) is 4.31 Å². The fourth-order valence-corrected chi connectivity index (χ4v) is 6.00. The van der Waals surface area contributed by atoms with E-state index < -0.39 is 10.0 Å². The van der Waals surface area contributed by atoms with E-state index in [1.807, 2.05) is 17.5 Å². The molecule has 11 heteroatoms. The first kappa shape index (κ1) is 18.2. The normalized spacial score (nSPS) is 13.0. The lowest BCUT2D eigenvalue weighted by Gasteiger charge is -2.19. The zero-order valence-corrected chi connectivity index (χ0v) is 17.4. The van der Waals surface area contributed by atoms with Crippen LogP contribution in [0, 0.1) is 0 Å². The monoisotopic (exact) mass is 447 g/mol. The van der Waals surface area contributed by atoms with Crippen LogP contribution in [0.15, 0.2) is 56.6 Å². The smallest absolute Gasteiger partial charge is 0.269 e. The van der Waals surface area contributed by atoms with Crippen molar-refractivity contribution in [2.24, 2.45) is 0 Å². The molecule has 4 heterocycles. The third kappa shape index (κ3) is 3.07. The van der Waals surface area contributed by atoms with Gasteiger partial charge in [0.2, 0.25) is 12.6 Å². The van der Waals surface area contributed by atoms with E-state index in [9.17, 15) is 8.42 Å². The number of fused-ring (bicyclic) bond motifs is 1. The van der Waals surface area contributed by atoms with Crippen LogP contribution in [0.5, 0.6) is 11.5 Å². The summed E-state index contributed by atoms with van der Waals surface area (Å²) >= 11 is 2.71. The molecule has 148 valence electrons. The molecule has 0 amide bonds. The van der Waals surface area contributed by atoms with Gasteiger partial charge in [0.25, 0.3) is 15.9 Å². The molecule has 29 heavy (non-hydrogen) atoms. The second-order valence-corrected chi connectivity index (χ2v) is 9.83. The quantitative estimate of drug-likeness (QED) is 0.455. The molecule has 0 saturated heterocycles. The highest BCUT2D eigenvalue weighted by atomic mass is 32.2. The van der Waals surface area contributed by atoms with Gasteiger partial charge < -0.3 is 14.0 Å². The molecule has 1 aromatic carbocycles. The minimum absolute atomic E-state index is 0.101. The summed E-state index contributed by atoms with van der Waals surface area (Å²) < 4.78 is 43.8. The largest absolute Gasteiger partial charge is 0.454 e. The minimum atomic E-state index is -3.87. The maximum atomic E-state index is 13.3.